The topological polar surface area (TPSA) is 67.2 Å². The van der Waals surface area contributed by atoms with Crippen molar-refractivity contribution in [3.63, 3.8) is 0 Å². The van der Waals surface area contributed by atoms with Gasteiger partial charge in [-0.15, -0.1) is 5.10 Å². The fraction of sp³-hybridized carbons (Fsp3) is 0.333. The van der Waals surface area contributed by atoms with Gasteiger partial charge in [0.05, 0.1) is 23.4 Å². The van der Waals surface area contributed by atoms with Crippen molar-refractivity contribution in [3.8, 4) is 5.69 Å². The molecular weight excluding hydrogens is 466 g/mol. The number of para-hydroxylation sites is 1. The zero-order chi connectivity index (χ0) is 24.5. The number of nitrogens with zero attached hydrogens (tertiary/aromatic N) is 6. The quantitative estimate of drug-likeness (QED) is 0.529. The molecule has 4 rings (SSSR count). The number of amides is 1. The summed E-state index contributed by atoms with van der Waals surface area (Å²) in [6.45, 7) is 1.30. The average Bonchev–Trinajstić information content (AvgIpc) is 3.26. The summed E-state index contributed by atoms with van der Waals surface area (Å²) in [6, 6.07) is 10.1. The second kappa shape index (κ2) is 9.05. The molecular formula is C21H18F6N6O. The van der Waals surface area contributed by atoms with E-state index in [-0.39, 0.29) is 19.2 Å². The Labute approximate surface area is 189 Å². The van der Waals surface area contributed by atoms with Gasteiger partial charge in [-0.05, 0) is 40.8 Å². The maximum Gasteiger partial charge on any atom is 0.416 e. The lowest BCUT2D eigenvalue weighted by molar-refractivity contribution is -0.143. The number of alkyl halides is 6. The Bertz CT molecular complexity index is 1120. The Morgan fingerprint density at radius 3 is 2.00 bits per heavy atom. The first-order valence-corrected chi connectivity index (χ1v) is 10.2. The van der Waals surface area contributed by atoms with Gasteiger partial charge in [-0.2, -0.15) is 31.0 Å². The molecule has 13 heteroatoms. The first kappa shape index (κ1) is 23.7. The van der Waals surface area contributed by atoms with Crippen LogP contribution in [0, 0.1) is 0 Å². The van der Waals surface area contributed by atoms with Gasteiger partial charge in [0.15, 0.2) is 5.82 Å². The highest BCUT2D eigenvalue weighted by molar-refractivity contribution is 5.94. The van der Waals surface area contributed by atoms with Crippen molar-refractivity contribution in [2.75, 3.05) is 26.2 Å². The Kier molecular flexibility index (Phi) is 6.30. The van der Waals surface area contributed by atoms with Crippen LogP contribution in [0.5, 0.6) is 0 Å². The van der Waals surface area contributed by atoms with E-state index in [2.05, 4.69) is 15.5 Å². The molecule has 1 aliphatic rings. The fourth-order valence-electron chi connectivity index (χ4n) is 3.64. The molecule has 1 aliphatic heterocycles. The standard InChI is InChI=1S/C21H18F6N6O/c22-20(23,24)15-10-14(11-16(12-15)21(25,26)27)19(34)32-8-6-31(7-9-32)13-18-28-29-30-33(18)17-4-2-1-3-5-17/h1-5,10-12H,6-9,13H2. The van der Waals surface area contributed by atoms with Crippen LogP contribution < -0.4 is 0 Å². The van der Waals surface area contributed by atoms with E-state index in [0.717, 1.165) is 5.69 Å². The molecule has 0 unspecified atom stereocenters. The van der Waals surface area contributed by atoms with Crippen molar-refractivity contribution in [2.45, 2.75) is 18.9 Å². The van der Waals surface area contributed by atoms with E-state index >= 15 is 0 Å². The number of hydrogen-bond acceptors (Lipinski definition) is 5. The number of tetrazole rings is 1. The lowest BCUT2D eigenvalue weighted by Crippen LogP contribution is -2.48. The van der Waals surface area contributed by atoms with Crippen LogP contribution in [-0.2, 0) is 18.9 Å². The van der Waals surface area contributed by atoms with E-state index in [1.54, 1.807) is 4.68 Å². The predicted molar refractivity (Wildman–Crippen MR) is 107 cm³/mol. The van der Waals surface area contributed by atoms with Gasteiger partial charge in [0, 0.05) is 31.7 Å². The van der Waals surface area contributed by atoms with Gasteiger partial charge in [-0.1, -0.05) is 18.2 Å². The molecule has 0 atom stereocenters. The summed E-state index contributed by atoms with van der Waals surface area (Å²) in [6.07, 6.45) is -10.0. The molecule has 1 fully saturated rings. The monoisotopic (exact) mass is 484 g/mol. The molecule has 0 bridgehead atoms. The number of carbonyl (C=O) groups excluding carboxylic acids is 1. The molecule has 2 heterocycles. The minimum atomic E-state index is -5.02. The van der Waals surface area contributed by atoms with E-state index in [1.807, 2.05) is 35.2 Å². The molecule has 34 heavy (non-hydrogen) atoms. The zero-order valence-electron chi connectivity index (χ0n) is 17.5. The largest absolute Gasteiger partial charge is 0.416 e. The highest BCUT2D eigenvalue weighted by Gasteiger charge is 2.38. The molecule has 0 spiro atoms. The summed E-state index contributed by atoms with van der Waals surface area (Å²) in [5.74, 6) is -0.330. The van der Waals surface area contributed by atoms with E-state index in [0.29, 0.717) is 37.6 Å². The van der Waals surface area contributed by atoms with Crippen molar-refractivity contribution >= 4 is 5.91 Å². The zero-order valence-corrected chi connectivity index (χ0v) is 17.5. The number of carbonyl (C=O) groups is 1. The summed E-state index contributed by atoms with van der Waals surface area (Å²) in [5.41, 5.74) is -2.92. The number of piperazine rings is 1. The van der Waals surface area contributed by atoms with Crippen molar-refractivity contribution in [1.82, 2.24) is 30.0 Å². The molecule has 180 valence electrons. The van der Waals surface area contributed by atoms with Crippen LogP contribution in [0.25, 0.3) is 5.69 Å². The fourth-order valence-corrected chi connectivity index (χ4v) is 3.64. The average molecular weight is 484 g/mol. The molecule has 1 aromatic heterocycles. The third-order valence-corrected chi connectivity index (χ3v) is 5.39. The van der Waals surface area contributed by atoms with Crippen molar-refractivity contribution in [1.29, 1.82) is 0 Å². The maximum atomic E-state index is 13.1. The molecule has 0 saturated carbocycles. The van der Waals surface area contributed by atoms with Crippen molar-refractivity contribution in [2.24, 2.45) is 0 Å². The van der Waals surface area contributed by atoms with E-state index in [9.17, 15) is 31.1 Å². The van der Waals surface area contributed by atoms with E-state index in [4.69, 9.17) is 0 Å². The molecule has 1 amide bonds. The van der Waals surface area contributed by atoms with Crippen molar-refractivity contribution < 1.29 is 31.1 Å². The molecule has 0 aliphatic carbocycles. The molecule has 2 aromatic carbocycles. The number of hydrogen-bond donors (Lipinski definition) is 0. The third kappa shape index (κ3) is 5.19. The van der Waals surface area contributed by atoms with Crippen LogP contribution in [0.3, 0.4) is 0 Å². The summed E-state index contributed by atoms with van der Waals surface area (Å²) < 4.78 is 80.2. The van der Waals surface area contributed by atoms with Gasteiger partial charge >= 0.3 is 12.4 Å². The summed E-state index contributed by atoms with van der Waals surface area (Å²) in [4.78, 5) is 15.9. The number of aromatic nitrogens is 4. The summed E-state index contributed by atoms with van der Waals surface area (Å²) in [5, 5.41) is 11.7. The Hall–Kier alpha value is -3.48. The van der Waals surface area contributed by atoms with Gasteiger partial charge in [-0.25, -0.2) is 0 Å². The first-order chi connectivity index (χ1) is 16.0. The highest BCUT2D eigenvalue weighted by atomic mass is 19.4. The van der Waals surface area contributed by atoms with Gasteiger partial charge < -0.3 is 4.90 Å². The second-order valence-electron chi connectivity index (χ2n) is 7.71. The molecule has 0 radical (unpaired) electrons. The molecule has 0 N–H and O–H groups in total. The smallest absolute Gasteiger partial charge is 0.336 e. The Morgan fingerprint density at radius 2 is 1.44 bits per heavy atom. The van der Waals surface area contributed by atoms with Gasteiger partial charge in [0.1, 0.15) is 0 Å². The highest BCUT2D eigenvalue weighted by Crippen LogP contribution is 2.36. The normalized spacial score (nSPS) is 15.5. The summed E-state index contributed by atoms with van der Waals surface area (Å²) >= 11 is 0. The minimum Gasteiger partial charge on any atom is -0.336 e. The first-order valence-electron chi connectivity index (χ1n) is 10.2. The van der Waals surface area contributed by atoms with E-state index in [1.165, 1.54) is 4.90 Å². The third-order valence-electron chi connectivity index (χ3n) is 5.39. The van der Waals surface area contributed by atoms with Crippen LogP contribution in [0.4, 0.5) is 26.3 Å². The number of rotatable bonds is 4. The van der Waals surface area contributed by atoms with Crippen LogP contribution in [0.15, 0.2) is 48.5 Å². The van der Waals surface area contributed by atoms with Gasteiger partial charge in [0.25, 0.3) is 5.91 Å². The lowest BCUT2D eigenvalue weighted by atomic mass is 10.0. The minimum absolute atomic E-state index is 0.00559. The molecule has 3 aromatic rings. The molecule has 7 nitrogen and oxygen atoms in total. The van der Waals surface area contributed by atoms with E-state index < -0.39 is 35.0 Å². The number of benzene rings is 2. The second-order valence-corrected chi connectivity index (χ2v) is 7.71. The Morgan fingerprint density at radius 1 is 0.853 bits per heavy atom. The number of halogens is 6. The maximum absolute atomic E-state index is 13.1. The molecule has 1 saturated heterocycles. The van der Waals surface area contributed by atoms with Gasteiger partial charge in [-0.3, -0.25) is 9.69 Å². The van der Waals surface area contributed by atoms with Crippen LogP contribution in [-0.4, -0.2) is 62.1 Å². The lowest BCUT2D eigenvalue weighted by Gasteiger charge is -2.34. The van der Waals surface area contributed by atoms with Crippen molar-refractivity contribution in [3.05, 3.63) is 71.0 Å². The SMILES string of the molecule is O=C(c1cc(C(F)(F)F)cc(C(F)(F)F)c1)N1CCN(Cc2nnnn2-c2ccccc2)CC1. The van der Waals surface area contributed by atoms with Crippen LogP contribution in [0.2, 0.25) is 0 Å². The van der Waals surface area contributed by atoms with Crippen LogP contribution >= 0.6 is 0 Å². The Balaban J connectivity index is 1.45. The van der Waals surface area contributed by atoms with Crippen LogP contribution in [0.1, 0.15) is 27.3 Å². The predicted octanol–water partition coefficient (Wildman–Crippen LogP) is 3.66. The summed E-state index contributed by atoms with van der Waals surface area (Å²) in [7, 11) is 0. The van der Waals surface area contributed by atoms with Gasteiger partial charge in [0.2, 0.25) is 0 Å².